The van der Waals surface area contributed by atoms with Crippen molar-refractivity contribution >= 4 is 24.3 Å². The molecule has 0 aliphatic carbocycles. The Kier molecular flexibility index (Phi) is 8.75. The number of ether oxygens (including phenoxy) is 1. The average Bonchev–Trinajstić information content (AvgIpc) is 2.35. The van der Waals surface area contributed by atoms with E-state index in [0.717, 1.165) is 5.56 Å². The quantitative estimate of drug-likeness (QED) is 0.784. The van der Waals surface area contributed by atoms with Gasteiger partial charge in [0.05, 0.1) is 6.42 Å². The van der Waals surface area contributed by atoms with Crippen LogP contribution in [-0.4, -0.2) is 23.5 Å². The van der Waals surface area contributed by atoms with E-state index in [1.807, 2.05) is 51.1 Å². The Labute approximate surface area is 138 Å². The van der Waals surface area contributed by atoms with Crippen molar-refractivity contribution < 1.29 is 14.3 Å². The standard InChI is InChI=1S/C16H24N2O3.ClH/c1-16(2,3)18-14(19)9-13(17)10-15(20)21-11-12-7-5-4-6-8-12;/h4-8,13H,9-11,17H2,1-3H3,(H,18,19);1H/t13-;/m1./s1. The fourth-order valence-electron chi connectivity index (χ4n) is 1.79. The Bertz CT molecular complexity index is 472. The molecule has 1 atom stereocenters. The molecule has 0 radical (unpaired) electrons. The van der Waals surface area contributed by atoms with E-state index < -0.39 is 12.0 Å². The van der Waals surface area contributed by atoms with E-state index in [0.29, 0.717) is 0 Å². The highest BCUT2D eigenvalue weighted by molar-refractivity contribution is 5.85. The van der Waals surface area contributed by atoms with Crippen LogP contribution in [0.2, 0.25) is 0 Å². The fourth-order valence-corrected chi connectivity index (χ4v) is 1.79. The first-order valence-corrected chi connectivity index (χ1v) is 7.02. The molecule has 0 fully saturated rings. The van der Waals surface area contributed by atoms with Gasteiger partial charge in [-0.05, 0) is 26.3 Å². The summed E-state index contributed by atoms with van der Waals surface area (Å²) >= 11 is 0. The van der Waals surface area contributed by atoms with Crippen LogP contribution < -0.4 is 11.1 Å². The molecule has 1 aromatic rings. The molecule has 0 heterocycles. The first kappa shape index (κ1) is 20.4. The molecule has 3 N–H and O–H groups in total. The van der Waals surface area contributed by atoms with Crippen LogP contribution in [0.4, 0.5) is 0 Å². The number of benzene rings is 1. The molecule has 0 spiro atoms. The highest BCUT2D eigenvalue weighted by Gasteiger charge is 2.18. The Morgan fingerprint density at radius 2 is 1.77 bits per heavy atom. The second-order valence-electron chi connectivity index (χ2n) is 6.11. The summed E-state index contributed by atoms with van der Waals surface area (Å²) in [6, 6.07) is 8.89. The molecule has 0 aromatic heterocycles. The van der Waals surface area contributed by atoms with Gasteiger partial charge in [-0.3, -0.25) is 9.59 Å². The Morgan fingerprint density at radius 1 is 1.18 bits per heavy atom. The van der Waals surface area contributed by atoms with Gasteiger partial charge in [-0.1, -0.05) is 30.3 Å². The molecule has 5 nitrogen and oxygen atoms in total. The van der Waals surface area contributed by atoms with Gasteiger partial charge < -0.3 is 15.8 Å². The van der Waals surface area contributed by atoms with Crippen molar-refractivity contribution in [2.45, 2.75) is 51.8 Å². The maximum atomic E-state index is 11.7. The zero-order chi connectivity index (χ0) is 15.9. The molecule has 22 heavy (non-hydrogen) atoms. The minimum atomic E-state index is -0.532. The molecule has 1 amide bonds. The molecule has 1 aromatic carbocycles. The number of esters is 1. The second-order valence-corrected chi connectivity index (χ2v) is 6.11. The lowest BCUT2D eigenvalue weighted by Crippen LogP contribution is -2.43. The lowest BCUT2D eigenvalue weighted by atomic mass is 10.1. The molecular formula is C16H25ClN2O3. The van der Waals surface area contributed by atoms with Crippen LogP contribution in [0.15, 0.2) is 30.3 Å². The van der Waals surface area contributed by atoms with E-state index in [-0.39, 0.29) is 43.3 Å². The third kappa shape index (κ3) is 9.37. The summed E-state index contributed by atoms with van der Waals surface area (Å²) in [6.45, 7) is 5.90. The number of hydrogen-bond acceptors (Lipinski definition) is 4. The monoisotopic (exact) mass is 328 g/mol. The van der Waals surface area contributed by atoms with Gasteiger partial charge in [-0.15, -0.1) is 12.4 Å². The predicted molar refractivity (Wildman–Crippen MR) is 88.6 cm³/mol. The first-order chi connectivity index (χ1) is 9.76. The van der Waals surface area contributed by atoms with Gasteiger partial charge in [-0.25, -0.2) is 0 Å². The van der Waals surface area contributed by atoms with Crippen LogP contribution >= 0.6 is 12.4 Å². The van der Waals surface area contributed by atoms with Crippen LogP contribution in [0.5, 0.6) is 0 Å². The third-order valence-corrected chi connectivity index (χ3v) is 2.63. The second kappa shape index (κ2) is 9.43. The fraction of sp³-hybridized carbons (Fsp3) is 0.500. The number of amides is 1. The average molecular weight is 329 g/mol. The van der Waals surface area contributed by atoms with Crippen LogP contribution in [0.3, 0.4) is 0 Å². The largest absolute Gasteiger partial charge is 0.461 e. The molecule has 0 aliphatic heterocycles. The number of nitrogens with one attached hydrogen (secondary N) is 1. The highest BCUT2D eigenvalue weighted by Crippen LogP contribution is 2.05. The number of hydrogen-bond donors (Lipinski definition) is 2. The molecule has 0 bridgehead atoms. The summed E-state index contributed by atoms with van der Waals surface area (Å²) in [5.74, 6) is -0.555. The zero-order valence-electron chi connectivity index (χ0n) is 13.3. The van der Waals surface area contributed by atoms with Crippen molar-refractivity contribution in [2.24, 2.45) is 5.73 Å². The summed E-state index contributed by atoms with van der Waals surface area (Å²) in [5, 5.41) is 2.81. The van der Waals surface area contributed by atoms with E-state index >= 15 is 0 Å². The Balaban J connectivity index is 0.00000441. The summed E-state index contributed by atoms with van der Waals surface area (Å²) in [5.41, 5.74) is 6.42. The van der Waals surface area contributed by atoms with Gasteiger partial charge in [0.15, 0.2) is 0 Å². The van der Waals surface area contributed by atoms with E-state index in [1.165, 1.54) is 0 Å². The predicted octanol–water partition coefficient (Wildman–Crippen LogP) is 2.17. The lowest BCUT2D eigenvalue weighted by molar-refractivity contribution is -0.145. The van der Waals surface area contributed by atoms with Crippen LogP contribution in [0.1, 0.15) is 39.2 Å². The first-order valence-electron chi connectivity index (χ1n) is 7.02. The summed E-state index contributed by atoms with van der Waals surface area (Å²) in [7, 11) is 0. The van der Waals surface area contributed by atoms with Gasteiger partial charge in [-0.2, -0.15) is 0 Å². The van der Waals surface area contributed by atoms with Crippen molar-refractivity contribution in [2.75, 3.05) is 0 Å². The SMILES string of the molecule is CC(C)(C)NC(=O)C[C@@H](N)CC(=O)OCc1ccccc1.Cl. The smallest absolute Gasteiger partial charge is 0.307 e. The van der Waals surface area contributed by atoms with Gasteiger partial charge in [0.25, 0.3) is 0 Å². The van der Waals surface area contributed by atoms with Gasteiger partial charge in [0.2, 0.25) is 5.91 Å². The summed E-state index contributed by atoms with van der Waals surface area (Å²) in [4.78, 5) is 23.3. The molecule has 0 unspecified atom stereocenters. The third-order valence-electron chi connectivity index (χ3n) is 2.63. The van der Waals surface area contributed by atoms with E-state index in [1.54, 1.807) is 0 Å². The molecule has 6 heteroatoms. The van der Waals surface area contributed by atoms with Crippen molar-refractivity contribution in [3.05, 3.63) is 35.9 Å². The van der Waals surface area contributed by atoms with E-state index in [2.05, 4.69) is 5.32 Å². The van der Waals surface area contributed by atoms with Gasteiger partial charge >= 0.3 is 5.97 Å². The minimum Gasteiger partial charge on any atom is -0.461 e. The topological polar surface area (TPSA) is 81.4 Å². The van der Waals surface area contributed by atoms with Crippen LogP contribution in [0.25, 0.3) is 0 Å². The van der Waals surface area contributed by atoms with E-state index in [9.17, 15) is 9.59 Å². The molecule has 0 saturated carbocycles. The number of rotatable bonds is 6. The highest BCUT2D eigenvalue weighted by atomic mass is 35.5. The number of halogens is 1. The van der Waals surface area contributed by atoms with Gasteiger partial charge in [0.1, 0.15) is 6.61 Å². The Morgan fingerprint density at radius 3 is 2.32 bits per heavy atom. The molecule has 1 rings (SSSR count). The van der Waals surface area contributed by atoms with Gasteiger partial charge in [0, 0.05) is 18.0 Å². The lowest BCUT2D eigenvalue weighted by Gasteiger charge is -2.21. The minimum absolute atomic E-state index is 0. The maximum absolute atomic E-state index is 11.7. The molecule has 0 aliphatic rings. The van der Waals surface area contributed by atoms with Crippen molar-refractivity contribution in [1.29, 1.82) is 0 Å². The number of nitrogens with two attached hydrogens (primary N) is 1. The van der Waals surface area contributed by atoms with Crippen LogP contribution in [0, 0.1) is 0 Å². The molecule has 0 saturated heterocycles. The zero-order valence-corrected chi connectivity index (χ0v) is 14.1. The maximum Gasteiger partial charge on any atom is 0.307 e. The number of carbonyl (C=O) groups excluding carboxylic acids is 2. The summed E-state index contributed by atoms with van der Waals surface area (Å²) < 4.78 is 5.13. The molecule has 124 valence electrons. The molecular weight excluding hydrogens is 304 g/mol. The Hall–Kier alpha value is -1.59. The van der Waals surface area contributed by atoms with Crippen molar-refractivity contribution in [3.8, 4) is 0 Å². The van der Waals surface area contributed by atoms with Crippen molar-refractivity contribution in [1.82, 2.24) is 5.32 Å². The van der Waals surface area contributed by atoms with E-state index in [4.69, 9.17) is 10.5 Å². The normalized spacial score (nSPS) is 12.0. The summed E-state index contributed by atoms with van der Waals surface area (Å²) in [6.07, 6.45) is 0.141. The van der Waals surface area contributed by atoms with Crippen molar-refractivity contribution in [3.63, 3.8) is 0 Å². The number of carbonyl (C=O) groups is 2. The van der Waals surface area contributed by atoms with Crippen LogP contribution in [-0.2, 0) is 20.9 Å².